The van der Waals surface area contributed by atoms with Gasteiger partial charge in [0.05, 0.1) is 5.56 Å². The van der Waals surface area contributed by atoms with Crippen molar-refractivity contribution in [2.45, 2.75) is 0 Å². The Kier molecular flexibility index (Phi) is 2.78. The molecule has 76 valence electrons. The van der Waals surface area contributed by atoms with Crippen molar-refractivity contribution in [1.82, 2.24) is 4.90 Å². The lowest BCUT2D eigenvalue weighted by atomic mass is 10.2. The second-order valence-corrected chi connectivity index (χ2v) is 2.95. The Bertz CT molecular complexity index is 377. The molecule has 0 unspecified atom stereocenters. The monoisotopic (exact) mass is 203 g/mol. The van der Waals surface area contributed by atoms with Crippen molar-refractivity contribution in [3.63, 3.8) is 0 Å². The topological polar surface area (TPSA) is 20.3 Å². The predicted octanol–water partition coefficient (Wildman–Crippen LogP) is 1.81. The molecule has 1 rings (SSSR count). The normalized spacial score (nSPS) is 10.1. The molecule has 0 spiro atoms. The minimum atomic E-state index is -1.31. The Morgan fingerprint density at radius 3 is 2.07 bits per heavy atom. The van der Waals surface area contributed by atoms with Gasteiger partial charge < -0.3 is 4.90 Å². The van der Waals surface area contributed by atoms with Crippen LogP contribution in [0.15, 0.2) is 12.1 Å². The van der Waals surface area contributed by atoms with Crippen LogP contribution in [0.1, 0.15) is 10.4 Å². The van der Waals surface area contributed by atoms with Crippen LogP contribution < -0.4 is 0 Å². The molecule has 1 aromatic carbocycles. The number of benzene rings is 1. The third-order valence-corrected chi connectivity index (χ3v) is 1.65. The van der Waals surface area contributed by atoms with Gasteiger partial charge in [-0.1, -0.05) is 0 Å². The summed E-state index contributed by atoms with van der Waals surface area (Å²) in [6.45, 7) is 0. The highest BCUT2D eigenvalue weighted by molar-refractivity contribution is 5.94. The van der Waals surface area contributed by atoms with Crippen molar-refractivity contribution >= 4 is 5.91 Å². The smallest absolute Gasteiger partial charge is 0.256 e. The van der Waals surface area contributed by atoms with Gasteiger partial charge in [0.15, 0.2) is 11.6 Å². The molecule has 0 aliphatic heterocycles. The van der Waals surface area contributed by atoms with E-state index in [1.54, 1.807) is 0 Å². The summed E-state index contributed by atoms with van der Waals surface area (Å²) in [6.07, 6.45) is 0. The molecule has 0 radical (unpaired) electrons. The number of nitrogens with zero attached hydrogens (tertiary/aromatic N) is 1. The van der Waals surface area contributed by atoms with E-state index in [-0.39, 0.29) is 0 Å². The number of halogens is 3. The van der Waals surface area contributed by atoms with Gasteiger partial charge in [-0.25, -0.2) is 13.2 Å². The van der Waals surface area contributed by atoms with Gasteiger partial charge >= 0.3 is 0 Å². The Morgan fingerprint density at radius 1 is 1.07 bits per heavy atom. The zero-order chi connectivity index (χ0) is 10.9. The summed E-state index contributed by atoms with van der Waals surface area (Å²) < 4.78 is 38.1. The van der Waals surface area contributed by atoms with E-state index < -0.39 is 28.9 Å². The molecule has 0 N–H and O–H groups in total. The van der Waals surface area contributed by atoms with E-state index in [1.165, 1.54) is 14.1 Å². The number of rotatable bonds is 1. The van der Waals surface area contributed by atoms with E-state index in [4.69, 9.17) is 0 Å². The van der Waals surface area contributed by atoms with Gasteiger partial charge in [-0.15, -0.1) is 0 Å². The summed E-state index contributed by atoms with van der Waals surface area (Å²) in [5, 5.41) is 0. The van der Waals surface area contributed by atoms with Crippen LogP contribution in [0.3, 0.4) is 0 Å². The first-order chi connectivity index (χ1) is 6.43. The van der Waals surface area contributed by atoms with E-state index in [2.05, 4.69) is 0 Å². The van der Waals surface area contributed by atoms with Crippen LogP contribution in [0.5, 0.6) is 0 Å². The lowest BCUT2D eigenvalue weighted by molar-refractivity contribution is 0.0822. The summed E-state index contributed by atoms with van der Waals surface area (Å²) in [5.74, 6) is -4.32. The molecular weight excluding hydrogens is 195 g/mol. The standard InChI is InChI=1S/C9H8F3NO/c1-13(2)9(14)5-3-7(11)8(12)4-6(5)10/h3-4H,1-2H3. The van der Waals surface area contributed by atoms with Crippen LogP contribution >= 0.6 is 0 Å². The maximum absolute atomic E-state index is 13.0. The zero-order valence-corrected chi connectivity index (χ0v) is 7.64. The largest absolute Gasteiger partial charge is 0.345 e. The summed E-state index contributed by atoms with van der Waals surface area (Å²) in [4.78, 5) is 12.3. The van der Waals surface area contributed by atoms with Crippen molar-refractivity contribution in [3.8, 4) is 0 Å². The molecule has 0 aliphatic rings. The predicted molar refractivity (Wildman–Crippen MR) is 44.3 cm³/mol. The van der Waals surface area contributed by atoms with Gasteiger partial charge in [-0.05, 0) is 6.07 Å². The van der Waals surface area contributed by atoms with Crippen LogP contribution in [0.25, 0.3) is 0 Å². The molecule has 0 saturated heterocycles. The third-order valence-electron chi connectivity index (χ3n) is 1.65. The molecule has 14 heavy (non-hydrogen) atoms. The fourth-order valence-corrected chi connectivity index (χ4v) is 0.927. The minimum absolute atomic E-state index is 0.353. The highest BCUT2D eigenvalue weighted by Crippen LogP contribution is 2.14. The summed E-state index contributed by atoms with van der Waals surface area (Å²) in [5.41, 5.74) is -0.478. The van der Waals surface area contributed by atoms with Crippen LogP contribution in [-0.2, 0) is 0 Å². The Hall–Kier alpha value is -1.52. The van der Waals surface area contributed by atoms with Gasteiger partial charge in [0.2, 0.25) is 0 Å². The maximum Gasteiger partial charge on any atom is 0.256 e. The second kappa shape index (κ2) is 3.69. The van der Waals surface area contributed by atoms with E-state index in [0.717, 1.165) is 4.90 Å². The van der Waals surface area contributed by atoms with Gasteiger partial charge in [-0.2, -0.15) is 0 Å². The van der Waals surface area contributed by atoms with Gasteiger partial charge in [0, 0.05) is 20.2 Å². The molecule has 1 aromatic rings. The van der Waals surface area contributed by atoms with Crippen LogP contribution in [0, 0.1) is 17.5 Å². The van der Waals surface area contributed by atoms with Gasteiger partial charge in [-0.3, -0.25) is 4.79 Å². The fraction of sp³-hybridized carbons (Fsp3) is 0.222. The molecule has 0 bridgehead atoms. The summed E-state index contributed by atoms with van der Waals surface area (Å²) in [7, 11) is 2.78. The number of amides is 1. The quantitative estimate of drug-likeness (QED) is 0.637. The highest BCUT2D eigenvalue weighted by atomic mass is 19.2. The average molecular weight is 203 g/mol. The van der Waals surface area contributed by atoms with E-state index in [0.29, 0.717) is 12.1 Å². The van der Waals surface area contributed by atoms with Crippen molar-refractivity contribution in [3.05, 3.63) is 35.1 Å². The summed E-state index contributed by atoms with van der Waals surface area (Å²) >= 11 is 0. The molecule has 0 aliphatic carbocycles. The Morgan fingerprint density at radius 2 is 1.57 bits per heavy atom. The number of hydrogen-bond acceptors (Lipinski definition) is 1. The molecule has 0 aromatic heterocycles. The molecule has 5 heteroatoms. The first-order valence-electron chi connectivity index (χ1n) is 3.79. The molecule has 0 atom stereocenters. The molecule has 0 fully saturated rings. The number of carbonyl (C=O) groups is 1. The lowest BCUT2D eigenvalue weighted by Crippen LogP contribution is -2.23. The molecule has 1 amide bonds. The van der Waals surface area contributed by atoms with Crippen LogP contribution in [-0.4, -0.2) is 24.9 Å². The lowest BCUT2D eigenvalue weighted by Gasteiger charge is -2.10. The van der Waals surface area contributed by atoms with E-state index in [9.17, 15) is 18.0 Å². The van der Waals surface area contributed by atoms with Crippen molar-refractivity contribution in [1.29, 1.82) is 0 Å². The minimum Gasteiger partial charge on any atom is -0.345 e. The third kappa shape index (κ3) is 1.86. The van der Waals surface area contributed by atoms with Crippen LogP contribution in [0.4, 0.5) is 13.2 Å². The van der Waals surface area contributed by atoms with Crippen molar-refractivity contribution < 1.29 is 18.0 Å². The first kappa shape index (κ1) is 10.6. The molecule has 0 heterocycles. The number of carbonyl (C=O) groups excluding carboxylic acids is 1. The van der Waals surface area contributed by atoms with Crippen LogP contribution in [0.2, 0.25) is 0 Å². The van der Waals surface area contributed by atoms with Crippen molar-refractivity contribution in [2.75, 3.05) is 14.1 Å². The Balaban J connectivity index is 3.22. The molecular formula is C9H8F3NO. The first-order valence-corrected chi connectivity index (χ1v) is 3.79. The SMILES string of the molecule is CN(C)C(=O)c1cc(F)c(F)cc1F. The van der Waals surface area contributed by atoms with E-state index >= 15 is 0 Å². The Labute approximate surface area is 78.9 Å². The van der Waals surface area contributed by atoms with Gasteiger partial charge in [0.1, 0.15) is 5.82 Å². The number of hydrogen-bond donors (Lipinski definition) is 0. The maximum atomic E-state index is 13.0. The second-order valence-electron chi connectivity index (χ2n) is 2.95. The molecule has 2 nitrogen and oxygen atoms in total. The summed E-state index contributed by atoms with van der Waals surface area (Å²) in [6, 6.07) is 0.902. The fourth-order valence-electron chi connectivity index (χ4n) is 0.927. The average Bonchev–Trinajstić information content (AvgIpc) is 2.10. The zero-order valence-electron chi connectivity index (χ0n) is 7.64. The molecule has 0 saturated carbocycles. The van der Waals surface area contributed by atoms with Gasteiger partial charge in [0.25, 0.3) is 5.91 Å². The van der Waals surface area contributed by atoms with E-state index in [1.807, 2.05) is 0 Å². The highest BCUT2D eigenvalue weighted by Gasteiger charge is 2.17. The van der Waals surface area contributed by atoms with Crippen molar-refractivity contribution in [2.24, 2.45) is 0 Å².